The first-order valence-electron chi connectivity index (χ1n) is 11.6. The first-order chi connectivity index (χ1) is 19.3. The van der Waals surface area contributed by atoms with Crippen LogP contribution in [0.5, 0.6) is 0 Å². The number of nitrogens with two attached hydrogens (primary N) is 2. The highest BCUT2D eigenvalue weighted by atomic mass is 35.5. The molecule has 2 aromatic carbocycles. The fraction of sp³-hybridized carbons (Fsp3) is 0.250. The number of nitrogen functional groups attached to an aromatic ring is 2. The standard InChI is InChI=1S/2C12H13Cl2N5O/c1-20-6-5-16-11-10(18-19-12(15)17-11)7-3-2-4-8(13)9(7)14;1-20-6-5-16-12-17-11(15)10(18-19-12)7-3-2-4-8(13)9(7)14/h2*2-4H,5-6H2,1H3,(H3,15,16,17,19). The molecule has 0 atom stereocenters. The lowest BCUT2D eigenvalue weighted by Crippen LogP contribution is -2.12. The minimum Gasteiger partial charge on any atom is -0.383 e. The zero-order valence-corrected chi connectivity index (χ0v) is 24.5. The molecule has 2 heterocycles. The molecule has 6 N–H and O–H groups in total. The zero-order chi connectivity index (χ0) is 29.1. The van der Waals surface area contributed by atoms with Gasteiger partial charge in [-0.15, -0.1) is 20.4 Å². The molecule has 0 aliphatic carbocycles. The van der Waals surface area contributed by atoms with Crippen LogP contribution >= 0.6 is 46.4 Å². The number of benzene rings is 2. The van der Waals surface area contributed by atoms with E-state index in [0.29, 0.717) is 80.7 Å². The highest BCUT2D eigenvalue weighted by Crippen LogP contribution is 2.35. The van der Waals surface area contributed by atoms with Gasteiger partial charge in [0.25, 0.3) is 0 Å². The Hall–Kier alpha value is -3.26. The number of nitrogens with one attached hydrogen (secondary N) is 2. The Balaban J connectivity index is 0.000000220. The topological polar surface area (TPSA) is 172 Å². The number of hydrogen-bond donors (Lipinski definition) is 4. The van der Waals surface area contributed by atoms with Gasteiger partial charge in [0.1, 0.15) is 11.4 Å². The monoisotopic (exact) mass is 626 g/mol. The van der Waals surface area contributed by atoms with E-state index in [1.807, 2.05) is 0 Å². The number of methoxy groups -OCH3 is 2. The lowest BCUT2D eigenvalue weighted by molar-refractivity contribution is 0.210. The third kappa shape index (κ3) is 8.37. The van der Waals surface area contributed by atoms with Crippen molar-refractivity contribution in [2.24, 2.45) is 0 Å². The lowest BCUT2D eigenvalue weighted by atomic mass is 10.1. The predicted molar refractivity (Wildman–Crippen MR) is 160 cm³/mol. The molecular formula is C24H26Cl4N10O2. The van der Waals surface area contributed by atoms with Crippen molar-refractivity contribution < 1.29 is 9.47 Å². The average molecular weight is 628 g/mol. The predicted octanol–water partition coefficient (Wildman–Crippen LogP) is 4.97. The highest BCUT2D eigenvalue weighted by Gasteiger charge is 2.15. The van der Waals surface area contributed by atoms with Crippen molar-refractivity contribution in [3.8, 4) is 22.5 Å². The quantitative estimate of drug-likeness (QED) is 0.174. The molecule has 4 rings (SSSR count). The normalized spacial score (nSPS) is 10.6. The maximum atomic E-state index is 6.19. The first-order valence-corrected chi connectivity index (χ1v) is 13.1. The molecular weight excluding hydrogens is 602 g/mol. The summed E-state index contributed by atoms with van der Waals surface area (Å²) in [6.45, 7) is 2.17. The van der Waals surface area contributed by atoms with Crippen LogP contribution in [0.15, 0.2) is 36.4 Å². The molecule has 0 bridgehead atoms. The van der Waals surface area contributed by atoms with Gasteiger partial charge < -0.3 is 31.6 Å². The summed E-state index contributed by atoms with van der Waals surface area (Å²) < 4.78 is 9.89. The highest BCUT2D eigenvalue weighted by molar-refractivity contribution is 6.44. The second kappa shape index (κ2) is 15.5. The number of anilines is 4. The van der Waals surface area contributed by atoms with Crippen molar-refractivity contribution in [3.05, 3.63) is 56.5 Å². The van der Waals surface area contributed by atoms with Crippen LogP contribution in [-0.2, 0) is 9.47 Å². The number of halogens is 4. The molecule has 0 aliphatic heterocycles. The molecule has 0 amide bonds. The van der Waals surface area contributed by atoms with Crippen LogP contribution in [0.25, 0.3) is 22.5 Å². The Kier molecular flexibility index (Phi) is 12.1. The smallest absolute Gasteiger partial charge is 0.244 e. The van der Waals surface area contributed by atoms with Crippen molar-refractivity contribution in [2.75, 3.05) is 62.6 Å². The molecule has 2 aromatic heterocycles. The van der Waals surface area contributed by atoms with Gasteiger partial charge >= 0.3 is 0 Å². The van der Waals surface area contributed by atoms with Gasteiger partial charge in [-0.25, -0.2) is 0 Å². The summed E-state index contributed by atoms with van der Waals surface area (Å²) in [6.07, 6.45) is 0. The maximum Gasteiger partial charge on any atom is 0.244 e. The molecule has 0 spiro atoms. The third-order valence-electron chi connectivity index (χ3n) is 5.02. The van der Waals surface area contributed by atoms with Crippen LogP contribution < -0.4 is 22.1 Å². The van der Waals surface area contributed by atoms with E-state index >= 15 is 0 Å². The van der Waals surface area contributed by atoms with E-state index in [4.69, 9.17) is 67.3 Å². The molecule has 16 heteroatoms. The summed E-state index contributed by atoms with van der Waals surface area (Å²) in [5.74, 6) is 1.12. The molecule has 12 nitrogen and oxygen atoms in total. The van der Waals surface area contributed by atoms with Crippen molar-refractivity contribution >= 4 is 69.9 Å². The van der Waals surface area contributed by atoms with Crippen molar-refractivity contribution in [2.45, 2.75) is 0 Å². The molecule has 4 aromatic rings. The summed E-state index contributed by atoms with van der Waals surface area (Å²) in [7, 11) is 3.22. The number of nitrogens with zero attached hydrogens (tertiary/aromatic N) is 6. The summed E-state index contributed by atoms with van der Waals surface area (Å²) in [4.78, 5) is 8.26. The maximum absolute atomic E-state index is 6.19. The lowest BCUT2D eigenvalue weighted by Gasteiger charge is -2.11. The fourth-order valence-corrected chi connectivity index (χ4v) is 3.94. The minimum atomic E-state index is 0.0758. The van der Waals surface area contributed by atoms with Gasteiger partial charge in [0, 0.05) is 38.4 Å². The van der Waals surface area contributed by atoms with Crippen LogP contribution in [-0.4, -0.2) is 70.9 Å². The summed E-state index contributed by atoms with van der Waals surface area (Å²) in [5, 5.41) is 23.4. The van der Waals surface area contributed by atoms with Gasteiger partial charge in [0.15, 0.2) is 11.6 Å². The number of hydrogen-bond acceptors (Lipinski definition) is 12. The molecule has 0 fully saturated rings. The second-order valence-corrected chi connectivity index (χ2v) is 9.35. The molecule has 0 unspecified atom stereocenters. The summed E-state index contributed by atoms with van der Waals surface area (Å²) >= 11 is 24.3. The molecule has 0 aliphatic rings. The Morgan fingerprint density at radius 1 is 0.700 bits per heavy atom. The van der Waals surface area contributed by atoms with Gasteiger partial charge in [-0.1, -0.05) is 70.7 Å². The molecule has 0 saturated carbocycles. The summed E-state index contributed by atoms with van der Waals surface area (Å²) in [5.41, 5.74) is 13.6. The van der Waals surface area contributed by atoms with E-state index in [0.717, 1.165) is 0 Å². The third-order valence-corrected chi connectivity index (χ3v) is 6.66. The van der Waals surface area contributed by atoms with Crippen molar-refractivity contribution in [1.82, 2.24) is 30.4 Å². The largest absolute Gasteiger partial charge is 0.383 e. The zero-order valence-electron chi connectivity index (χ0n) is 21.5. The Morgan fingerprint density at radius 3 is 1.82 bits per heavy atom. The van der Waals surface area contributed by atoms with Crippen LogP contribution in [0.2, 0.25) is 20.1 Å². The van der Waals surface area contributed by atoms with Crippen LogP contribution in [0.1, 0.15) is 0 Å². The molecule has 40 heavy (non-hydrogen) atoms. The molecule has 0 radical (unpaired) electrons. The number of aromatic nitrogens is 6. The van der Waals surface area contributed by atoms with Crippen LogP contribution in [0, 0.1) is 0 Å². The Bertz CT molecular complexity index is 1430. The van der Waals surface area contributed by atoms with E-state index in [2.05, 4.69) is 41.0 Å². The van der Waals surface area contributed by atoms with E-state index < -0.39 is 0 Å². The van der Waals surface area contributed by atoms with E-state index in [9.17, 15) is 0 Å². The second-order valence-electron chi connectivity index (χ2n) is 7.78. The van der Waals surface area contributed by atoms with E-state index in [1.54, 1.807) is 50.6 Å². The fourth-order valence-electron chi connectivity index (χ4n) is 3.16. The van der Waals surface area contributed by atoms with Gasteiger partial charge in [0.2, 0.25) is 11.9 Å². The van der Waals surface area contributed by atoms with Gasteiger partial charge in [-0.05, 0) is 12.1 Å². The Labute approximate surface area is 250 Å². The van der Waals surface area contributed by atoms with E-state index in [-0.39, 0.29) is 11.8 Å². The van der Waals surface area contributed by atoms with Gasteiger partial charge in [0.05, 0.1) is 33.3 Å². The van der Waals surface area contributed by atoms with Crippen LogP contribution in [0.3, 0.4) is 0 Å². The molecule has 212 valence electrons. The van der Waals surface area contributed by atoms with Gasteiger partial charge in [-0.3, -0.25) is 0 Å². The van der Waals surface area contributed by atoms with Crippen molar-refractivity contribution in [3.63, 3.8) is 0 Å². The van der Waals surface area contributed by atoms with E-state index in [1.165, 1.54) is 0 Å². The Morgan fingerprint density at radius 2 is 1.25 bits per heavy atom. The van der Waals surface area contributed by atoms with Crippen LogP contribution in [0.4, 0.5) is 23.5 Å². The average Bonchev–Trinajstić information content (AvgIpc) is 2.93. The summed E-state index contributed by atoms with van der Waals surface area (Å²) in [6, 6.07) is 10.5. The first kappa shape index (κ1) is 31.3. The van der Waals surface area contributed by atoms with Gasteiger partial charge in [-0.2, -0.15) is 9.97 Å². The number of ether oxygens (including phenoxy) is 2. The minimum absolute atomic E-state index is 0.0758. The van der Waals surface area contributed by atoms with Crippen molar-refractivity contribution in [1.29, 1.82) is 0 Å². The SMILES string of the molecule is COCCNc1nc(N)nnc1-c1cccc(Cl)c1Cl.COCCNc1nnc(-c2cccc(Cl)c2Cl)c(N)n1. The molecule has 0 saturated heterocycles. The number of rotatable bonds is 10.